The molecule has 0 radical (unpaired) electrons. The van der Waals surface area contributed by atoms with Crippen molar-refractivity contribution in [1.82, 2.24) is 10.3 Å². The Morgan fingerprint density at radius 1 is 1.26 bits per heavy atom. The average molecular weight is 273 g/mol. The van der Waals surface area contributed by atoms with Crippen molar-refractivity contribution >= 4 is 17.6 Å². The highest BCUT2D eigenvalue weighted by Gasteiger charge is 2.10. The molecule has 0 fully saturated rings. The molecule has 1 heterocycles. The van der Waals surface area contributed by atoms with E-state index < -0.39 is 0 Å². The van der Waals surface area contributed by atoms with Gasteiger partial charge in [0.2, 0.25) is 0 Å². The van der Waals surface area contributed by atoms with E-state index in [2.05, 4.69) is 40.8 Å². The van der Waals surface area contributed by atoms with Crippen molar-refractivity contribution in [2.45, 2.75) is 17.4 Å². The molecule has 3 nitrogen and oxygen atoms in total. The van der Waals surface area contributed by atoms with E-state index >= 15 is 0 Å². The van der Waals surface area contributed by atoms with Gasteiger partial charge in [0.1, 0.15) is 5.82 Å². The number of nitrogens with one attached hydrogen (secondary N) is 1. The van der Waals surface area contributed by atoms with Crippen LogP contribution in [0.5, 0.6) is 0 Å². The number of pyridine rings is 1. The Hall–Kier alpha value is -1.52. The van der Waals surface area contributed by atoms with Crippen molar-refractivity contribution in [1.29, 1.82) is 0 Å². The Labute approximate surface area is 118 Å². The molecule has 1 atom stereocenters. The minimum atomic E-state index is 0.290. The van der Waals surface area contributed by atoms with Crippen LogP contribution < -0.4 is 11.1 Å². The van der Waals surface area contributed by atoms with Gasteiger partial charge in [-0.25, -0.2) is 4.98 Å². The van der Waals surface area contributed by atoms with E-state index in [1.807, 2.05) is 19.2 Å². The zero-order valence-electron chi connectivity index (χ0n) is 11.3. The number of thioether (sulfide) groups is 1. The summed E-state index contributed by atoms with van der Waals surface area (Å²) in [6.07, 6.45) is 4.75. The van der Waals surface area contributed by atoms with Crippen LogP contribution in [0.3, 0.4) is 0 Å². The van der Waals surface area contributed by atoms with E-state index in [1.165, 1.54) is 16.0 Å². The van der Waals surface area contributed by atoms with Gasteiger partial charge in [-0.2, -0.15) is 0 Å². The van der Waals surface area contributed by atoms with Gasteiger partial charge < -0.3 is 11.1 Å². The molecule has 100 valence electrons. The number of nitrogen functional groups attached to an aromatic ring is 1. The maximum Gasteiger partial charge on any atom is 0.123 e. The normalized spacial score (nSPS) is 12.3. The van der Waals surface area contributed by atoms with Gasteiger partial charge in [-0.05, 0) is 55.1 Å². The van der Waals surface area contributed by atoms with Crippen molar-refractivity contribution in [3.63, 3.8) is 0 Å². The minimum absolute atomic E-state index is 0.290. The Kier molecular flexibility index (Phi) is 4.82. The van der Waals surface area contributed by atoms with Gasteiger partial charge >= 0.3 is 0 Å². The van der Waals surface area contributed by atoms with E-state index in [0.29, 0.717) is 5.82 Å². The van der Waals surface area contributed by atoms with Crippen LogP contribution in [0.15, 0.2) is 47.5 Å². The number of rotatable bonds is 5. The molecule has 0 bridgehead atoms. The Morgan fingerprint density at radius 2 is 2.00 bits per heavy atom. The number of hydrogen-bond acceptors (Lipinski definition) is 4. The molecule has 2 rings (SSSR count). The molecule has 2 aromatic rings. The summed E-state index contributed by atoms with van der Waals surface area (Å²) < 4.78 is 0. The van der Waals surface area contributed by atoms with Crippen molar-refractivity contribution in [3.05, 3.63) is 53.7 Å². The molecule has 0 saturated carbocycles. The van der Waals surface area contributed by atoms with Crippen molar-refractivity contribution in [3.8, 4) is 0 Å². The second kappa shape index (κ2) is 6.59. The van der Waals surface area contributed by atoms with Gasteiger partial charge in [-0.15, -0.1) is 11.8 Å². The van der Waals surface area contributed by atoms with E-state index in [-0.39, 0.29) is 6.04 Å². The molecule has 1 aromatic carbocycles. The second-order valence-electron chi connectivity index (χ2n) is 4.41. The van der Waals surface area contributed by atoms with Crippen LogP contribution in [0.4, 0.5) is 5.82 Å². The summed E-state index contributed by atoms with van der Waals surface area (Å²) in [5, 5.41) is 3.36. The molecular weight excluding hydrogens is 254 g/mol. The van der Waals surface area contributed by atoms with Crippen LogP contribution in [0, 0.1) is 0 Å². The number of aromatic nitrogens is 1. The predicted octanol–water partition coefficient (Wildman–Crippen LogP) is 2.89. The van der Waals surface area contributed by atoms with Crippen molar-refractivity contribution in [2.75, 3.05) is 19.0 Å². The van der Waals surface area contributed by atoms with Crippen LogP contribution in [0.1, 0.15) is 17.2 Å². The van der Waals surface area contributed by atoms with Gasteiger partial charge in [-0.1, -0.05) is 12.1 Å². The summed E-state index contributed by atoms with van der Waals surface area (Å²) in [6, 6.07) is 12.9. The quantitative estimate of drug-likeness (QED) is 0.823. The number of anilines is 1. The molecule has 4 heteroatoms. The van der Waals surface area contributed by atoms with Crippen LogP contribution in [-0.2, 0) is 6.42 Å². The molecule has 0 saturated heterocycles. The standard InChI is InChI=1S/C15H19N3S/c1-17-14(9-11-7-8-18-15(16)10-11)12-3-5-13(19-2)6-4-12/h3-8,10,14,17H,9H2,1-2H3,(H2,16,18). The fraction of sp³-hybridized carbons (Fsp3) is 0.267. The van der Waals surface area contributed by atoms with E-state index in [9.17, 15) is 0 Å². The lowest BCUT2D eigenvalue weighted by Crippen LogP contribution is -2.18. The third-order valence-corrected chi connectivity index (χ3v) is 3.90. The smallest absolute Gasteiger partial charge is 0.123 e. The summed E-state index contributed by atoms with van der Waals surface area (Å²) in [4.78, 5) is 5.31. The molecule has 0 aliphatic heterocycles. The first-order chi connectivity index (χ1) is 9.22. The molecular formula is C15H19N3S. The molecule has 0 aliphatic rings. The lowest BCUT2D eigenvalue weighted by atomic mass is 9.99. The first kappa shape index (κ1) is 13.9. The van der Waals surface area contributed by atoms with Gasteiger partial charge in [-0.3, -0.25) is 0 Å². The largest absolute Gasteiger partial charge is 0.384 e. The second-order valence-corrected chi connectivity index (χ2v) is 5.29. The highest BCUT2D eigenvalue weighted by Crippen LogP contribution is 2.22. The predicted molar refractivity (Wildman–Crippen MR) is 82.4 cm³/mol. The maximum absolute atomic E-state index is 5.72. The average Bonchev–Trinajstić information content (AvgIpc) is 2.45. The highest BCUT2D eigenvalue weighted by molar-refractivity contribution is 7.98. The topological polar surface area (TPSA) is 50.9 Å². The third kappa shape index (κ3) is 3.72. The van der Waals surface area contributed by atoms with Crippen LogP contribution in [0.2, 0.25) is 0 Å². The minimum Gasteiger partial charge on any atom is -0.384 e. The Morgan fingerprint density at radius 3 is 2.58 bits per heavy atom. The Balaban J connectivity index is 2.15. The summed E-state index contributed by atoms with van der Waals surface area (Å²) >= 11 is 1.76. The first-order valence-corrected chi connectivity index (χ1v) is 7.47. The highest BCUT2D eigenvalue weighted by atomic mass is 32.2. The maximum atomic E-state index is 5.72. The van der Waals surface area contributed by atoms with E-state index in [1.54, 1.807) is 18.0 Å². The fourth-order valence-electron chi connectivity index (χ4n) is 2.08. The number of hydrogen-bond donors (Lipinski definition) is 2. The molecule has 1 unspecified atom stereocenters. The molecule has 1 aromatic heterocycles. The van der Waals surface area contributed by atoms with Crippen LogP contribution in [0.25, 0.3) is 0 Å². The molecule has 0 amide bonds. The van der Waals surface area contributed by atoms with Crippen molar-refractivity contribution < 1.29 is 0 Å². The van der Waals surface area contributed by atoms with Crippen LogP contribution in [-0.4, -0.2) is 18.3 Å². The zero-order valence-corrected chi connectivity index (χ0v) is 12.1. The van der Waals surface area contributed by atoms with E-state index in [4.69, 9.17) is 5.73 Å². The Bertz CT molecular complexity index is 525. The monoisotopic (exact) mass is 273 g/mol. The molecule has 3 N–H and O–H groups in total. The molecule has 19 heavy (non-hydrogen) atoms. The van der Waals surface area contributed by atoms with Crippen LogP contribution >= 0.6 is 11.8 Å². The number of benzene rings is 1. The first-order valence-electron chi connectivity index (χ1n) is 6.24. The SMILES string of the molecule is CNC(Cc1ccnc(N)c1)c1ccc(SC)cc1. The van der Waals surface area contributed by atoms with Gasteiger partial charge in [0.25, 0.3) is 0 Å². The third-order valence-electron chi connectivity index (χ3n) is 3.15. The van der Waals surface area contributed by atoms with E-state index in [0.717, 1.165) is 6.42 Å². The van der Waals surface area contributed by atoms with Gasteiger partial charge in [0.15, 0.2) is 0 Å². The van der Waals surface area contributed by atoms with Gasteiger partial charge in [0.05, 0.1) is 0 Å². The summed E-state index contributed by atoms with van der Waals surface area (Å²) in [6.45, 7) is 0. The number of nitrogens with two attached hydrogens (primary N) is 1. The molecule has 0 spiro atoms. The van der Waals surface area contributed by atoms with Crippen molar-refractivity contribution in [2.24, 2.45) is 0 Å². The lowest BCUT2D eigenvalue weighted by molar-refractivity contribution is 0.591. The summed E-state index contributed by atoms with van der Waals surface area (Å²) in [5.74, 6) is 0.574. The molecule has 0 aliphatic carbocycles. The number of nitrogens with zero attached hydrogens (tertiary/aromatic N) is 1. The number of likely N-dealkylation sites (N-methyl/N-ethyl adjacent to an activating group) is 1. The zero-order chi connectivity index (χ0) is 13.7. The van der Waals surface area contributed by atoms with Gasteiger partial charge in [0, 0.05) is 17.1 Å². The summed E-state index contributed by atoms with van der Waals surface area (Å²) in [5.41, 5.74) is 8.20. The lowest BCUT2D eigenvalue weighted by Gasteiger charge is -2.17. The fourth-order valence-corrected chi connectivity index (χ4v) is 2.49. The summed E-state index contributed by atoms with van der Waals surface area (Å²) in [7, 11) is 1.98.